The highest BCUT2D eigenvalue weighted by atomic mass is 14.9. The molecular weight excluding hydrogens is 256 g/mol. The van der Waals surface area contributed by atoms with E-state index in [1.807, 2.05) is 0 Å². The summed E-state index contributed by atoms with van der Waals surface area (Å²) in [5.74, 6) is 0. The number of hydrogen-bond acceptors (Lipinski definition) is 2. The average molecular weight is 282 g/mol. The SMILES string of the molecule is CCCNC1CCC(C)(c2ccc3nc(C)ccc3c2)C1. The maximum absolute atomic E-state index is 4.61. The standard InChI is InChI=1S/C19H26N2/c1-4-11-20-17-9-10-19(3,13-17)16-7-8-18-15(12-16)6-5-14(2)21-18/h5-8,12,17,20H,4,9-11,13H2,1-3H3. The molecule has 0 bridgehead atoms. The molecule has 0 amide bonds. The molecule has 1 N–H and O–H groups in total. The first-order valence-electron chi connectivity index (χ1n) is 8.22. The Morgan fingerprint density at radius 3 is 2.95 bits per heavy atom. The van der Waals surface area contributed by atoms with Gasteiger partial charge in [-0.1, -0.05) is 26.0 Å². The van der Waals surface area contributed by atoms with Gasteiger partial charge in [0, 0.05) is 17.1 Å². The first-order valence-corrected chi connectivity index (χ1v) is 8.22. The van der Waals surface area contributed by atoms with Crippen LogP contribution in [0.1, 0.15) is 50.8 Å². The fraction of sp³-hybridized carbons (Fsp3) is 0.526. The third-order valence-electron chi connectivity index (χ3n) is 4.95. The number of fused-ring (bicyclic) bond motifs is 1. The number of aryl methyl sites for hydroxylation is 1. The predicted octanol–water partition coefficient (Wildman–Crippen LogP) is 4.35. The van der Waals surface area contributed by atoms with Crippen molar-refractivity contribution in [2.45, 2.75) is 57.9 Å². The summed E-state index contributed by atoms with van der Waals surface area (Å²) >= 11 is 0. The molecule has 1 aliphatic rings. The van der Waals surface area contributed by atoms with Crippen LogP contribution >= 0.6 is 0 Å². The second-order valence-corrected chi connectivity index (χ2v) is 6.81. The Balaban J connectivity index is 1.84. The van der Waals surface area contributed by atoms with Gasteiger partial charge in [0.05, 0.1) is 5.52 Å². The number of nitrogens with zero attached hydrogens (tertiary/aromatic N) is 1. The molecule has 0 radical (unpaired) electrons. The first kappa shape index (κ1) is 14.5. The molecule has 1 aliphatic carbocycles. The maximum atomic E-state index is 4.61. The Hall–Kier alpha value is -1.41. The Kier molecular flexibility index (Phi) is 3.99. The minimum absolute atomic E-state index is 0.310. The number of pyridine rings is 1. The van der Waals surface area contributed by atoms with Gasteiger partial charge in [0.15, 0.2) is 0 Å². The first-order chi connectivity index (χ1) is 10.1. The fourth-order valence-electron chi connectivity index (χ4n) is 3.63. The van der Waals surface area contributed by atoms with E-state index in [0.29, 0.717) is 11.5 Å². The van der Waals surface area contributed by atoms with Gasteiger partial charge in [-0.3, -0.25) is 4.98 Å². The Morgan fingerprint density at radius 1 is 1.29 bits per heavy atom. The lowest BCUT2D eigenvalue weighted by molar-refractivity contribution is 0.453. The highest BCUT2D eigenvalue weighted by Crippen LogP contribution is 2.41. The molecule has 21 heavy (non-hydrogen) atoms. The van der Waals surface area contributed by atoms with Gasteiger partial charge >= 0.3 is 0 Å². The van der Waals surface area contributed by atoms with Crippen molar-refractivity contribution in [2.75, 3.05) is 6.54 Å². The normalized spacial score (nSPS) is 25.6. The van der Waals surface area contributed by atoms with Crippen molar-refractivity contribution in [3.63, 3.8) is 0 Å². The summed E-state index contributed by atoms with van der Waals surface area (Å²) in [5, 5.41) is 4.96. The Labute approximate surface area is 128 Å². The van der Waals surface area contributed by atoms with E-state index in [1.165, 1.54) is 36.6 Å². The van der Waals surface area contributed by atoms with Crippen LogP contribution in [0.4, 0.5) is 0 Å². The van der Waals surface area contributed by atoms with Gasteiger partial charge in [0.25, 0.3) is 0 Å². The third-order valence-corrected chi connectivity index (χ3v) is 4.95. The zero-order valence-corrected chi connectivity index (χ0v) is 13.4. The van der Waals surface area contributed by atoms with Crippen molar-refractivity contribution in [3.8, 4) is 0 Å². The van der Waals surface area contributed by atoms with E-state index in [1.54, 1.807) is 0 Å². The van der Waals surface area contributed by atoms with E-state index in [0.717, 1.165) is 17.8 Å². The van der Waals surface area contributed by atoms with Gasteiger partial charge in [-0.25, -0.2) is 0 Å². The number of rotatable bonds is 4. The van der Waals surface area contributed by atoms with Crippen LogP contribution in [0.25, 0.3) is 10.9 Å². The molecule has 3 rings (SSSR count). The van der Waals surface area contributed by atoms with Crippen LogP contribution in [-0.2, 0) is 5.41 Å². The van der Waals surface area contributed by atoms with Gasteiger partial charge in [-0.15, -0.1) is 0 Å². The summed E-state index contributed by atoms with van der Waals surface area (Å²) in [6.07, 6.45) is 5.03. The number of hydrogen-bond donors (Lipinski definition) is 1. The molecule has 1 aromatic carbocycles. The molecule has 2 aromatic rings. The van der Waals surface area contributed by atoms with E-state index >= 15 is 0 Å². The lowest BCUT2D eigenvalue weighted by Gasteiger charge is -2.25. The lowest BCUT2D eigenvalue weighted by Crippen LogP contribution is -2.29. The second kappa shape index (κ2) is 5.76. The Bertz CT molecular complexity index is 634. The average Bonchev–Trinajstić information content (AvgIpc) is 2.87. The summed E-state index contributed by atoms with van der Waals surface area (Å²) in [7, 11) is 0. The molecule has 2 nitrogen and oxygen atoms in total. The van der Waals surface area contributed by atoms with Crippen LogP contribution in [0.5, 0.6) is 0 Å². The van der Waals surface area contributed by atoms with Crippen LogP contribution in [-0.4, -0.2) is 17.6 Å². The molecule has 1 heterocycles. The number of aromatic nitrogens is 1. The summed E-state index contributed by atoms with van der Waals surface area (Å²) < 4.78 is 0. The highest BCUT2D eigenvalue weighted by molar-refractivity contribution is 5.79. The van der Waals surface area contributed by atoms with Gasteiger partial charge in [-0.05, 0) is 68.3 Å². The summed E-state index contributed by atoms with van der Waals surface area (Å²) in [6, 6.07) is 11.8. The molecule has 0 saturated heterocycles. The van der Waals surface area contributed by atoms with Gasteiger partial charge < -0.3 is 5.32 Å². The van der Waals surface area contributed by atoms with E-state index in [4.69, 9.17) is 0 Å². The van der Waals surface area contributed by atoms with Crippen molar-refractivity contribution >= 4 is 10.9 Å². The van der Waals surface area contributed by atoms with Crippen LogP contribution in [0.2, 0.25) is 0 Å². The van der Waals surface area contributed by atoms with Gasteiger partial charge in [-0.2, -0.15) is 0 Å². The summed E-state index contributed by atoms with van der Waals surface area (Å²) in [4.78, 5) is 4.61. The Morgan fingerprint density at radius 2 is 2.14 bits per heavy atom. The molecule has 0 spiro atoms. The molecule has 112 valence electrons. The van der Waals surface area contributed by atoms with E-state index < -0.39 is 0 Å². The highest BCUT2D eigenvalue weighted by Gasteiger charge is 2.36. The minimum atomic E-state index is 0.310. The third kappa shape index (κ3) is 2.96. The maximum Gasteiger partial charge on any atom is 0.0705 e. The van der Waals surface area contributed by atoms with Crippen molar-refractivity contribution < 1.29 is 0 Å². The van der Waals surface area contributed by atoms with Crippen LogP contribution in [0, 0.1) is 6.92 Å². The lowest BCUT2D eigenvalue weighted by atomic mass is 9.80. The zero-order chi connectivity index (χ0) is 14.9. The van der Waals surface area contributed by atoms with Crippen LogP contribution in [0.15, 0.2) is 30.3 Å². The van der Waals surface area contributed by atoms with Crippen molar-refractivity contribution in [1.82, 2.24) is 10.3 Å². The molecule has 2 atom stereocenters. The zero-order valence-electron chi connectivity index (χ0n) is 13.4. The predicted molar refractivity (Wildman–Crippen MR) is 89.8 cm³/mol. The monoisotopic (exact) mass is 282 g/mol. The molecule has 1 aromatic heterocycles. The van der Waals surface area contributed by atoms with Crippen molar-refractivity contribution in [2.24, 2.45) is 0 Å². The molecule has 1 fully saturated rings. The molecule has 2 heteroatoms. The summed E-state index contributed by atoms with van der Waals surface area (Å²) in [6.45, 7) is 7.85. The van der Waals surface area contributed by atoms with Crippen LogP contribution in [0.3, 0.4) is 0 Å². The topological polar surface area (TPSA) is 24.9 Å². The smallest absolute Gasteiger partial charge is 0.0705 e. The number of benzene rings is 1. The number of nitrogens with one attached hydrogen (secondary N) is 1. The summed E-state index contributed by atoms with van der Waals surface area (Å²) in [5.41, 5.74) is 3.98. The molecule has 1 saturated carbocycles. The molecular formula is C19H26N2. The van der Waals surface area contributed by atoms with Crippen molar-refractivity contribution in [1.29, 1.82) is 0 Å². The van der Waals surface area contributed by atoms with Crippen molar-refractivity contribution in [3.05, 3.63) is 41.6 Å². The van der Waals surface area contributed by atoms with Crippen LogP contribution < -0.4 is 5.32 Å². The van der Waals surface area contributed by atoms with E-state index in [-0.39, 0.29) is 0 Å². The van der Waals surface area contributed by atoms with Gasteiger partial charge in [0.1, 0.15) is 0 Å². The van der Waals surface area contributed by atoms with E-state index in [2.05, 4.69) is 61.4 Å². The van der Waals surface area contributed by atoms with Gasteiger partial charge in [0.2, 0.25) is 0 Å². The largest absolute Gasteiger partial charge is 0.314 e. The fourth-order valence-corrected chi connectivity index (χ4v) is 3.63. The second-order valence-electron chi connectivity index (χ2n) is 6.81. The molecule has 2 unspecified atom stereocenters. The van der Waals surface area contributed by atoms with E-state index in [9.17, 15) is 0 Å². The minimum Gasteiger partial charge on any atom is -0.314 e. The quantitative estimate of drug-likeness (QED) is 0.901. The molecule has 0 aliphatic heterocycles.